The van der Waals surface area contributed by atoms with Crippen molar-refractivity contribution in [2.45, 2.75) is 57.7 Å². The molecule has 5 heteroatoms. The predicted octanol–water partition coefficient (Wildman–Crippen LogP) is 4.50. The van der Waals surface area contributed by atoms with Gasteiger partial charge in [-0.05, 0) is 49.8 Å². The molecule has 26 heavy (non-hydrogen) atoms. The van der Waals surface area contributed by atoms with E-state index in [9.17, 15) is 5.11 Å². The minimum absolute atomic E-state index is 0.0317. The van der Waals surface area contributed by atoms with E-state index >= 15 is 0 Å². The van der Waals surface area contributed by atoms with Crippen molar-refractivity contribution in [3.8, 4) is 16.9 Å². The number of rotatable bonds is 9. The molecule has 1 saturated heterocycles. The van der Waals surface area contributed by atoms with Crippen molar-refractivity contribution in [2.24, 2.45) is 0 Å². The third-order valence-electron chi connectivity index (χ3n) is 4.64. The van der Waals surface area contributed by atoms with Crippen LogP contribution in [0.3, 0.4) is 0 Å². The van der Waals surface area contributed by atoms with Crippen LogP contribution >= 0.6 is 0 Å². The highest BCUT2D eigenvalue weighted by molar-refractivity contribution is 5.62. The van der Waals surface area contributed by atoms with Crippen LogP contribution in [-0.2, 0) is 15.9 Å². The number of aryl methyl sites for hydroxylation is 1. The number of ether oxygens (including phenoxy) is 2. The van der Waals surface area contributed by atoms with Gasteiger partial charge in [0.15, 0.2) is 6.29 Å². The zero-order chi connectivity index (χ0) is 18.0. The van der Waals surface area contributed by atoms with Gasteiger partial charge in [-0.25, -0.2) is 9.97 Å². The summed E-state index contributed by atoms with van der Waals surface area (Å²) in [7, 11) is 0. The zero-order valence-electron chi connectivity index (χ0n) is 15.3. The summed E-state index contributed by atoms with van der Waals surface area (Å²) in [5.41, 5.74) is 1.98. The number of hydrogen-bond donors (Lipinski definition) is 1. The molecular weight excluding hydrogens is 328 g/mol. The highest BCUT2D eigenvalue weighted by Gasteiger charge is 2.13. The number of phenols is 1. The van der Waals surface area contributed by atoms with Crippen LogP contribution in [0.2, 0.25) is 0 Å². The van der Waals surface area contributed by atoms with Crippen LogP contribution in [0.25, 0.3) is 11.1 Å². The molecule has 2 heterocycles. The molecule has 1 unspecified atom stereocenters. The molecule has 1 atom stereocenters. The highest BCUT2D eigenvalue weighted by Crippen LogP contribution is 2.20. The summed E-state index contributed by atoms with van der Waals surface area (Å²) >= 11 is 0. The smallest absolute Gasteiger partial charge is 0.157 e. The summed E-state index contributed by atoms with van der Waals surface area (Å²) in [5.74, 6) is 1.15. The van der Waals surface area contributed by atoms with Crippen molar-refractivity contribution in [3.63, 3.8) is 0 Å². The van der Waals surface area contributed by atoms with E-state index in [1.54, 1.807) is 12.1 Å². The fraction of sp³-hybridized carbons (Fsp3) is 0.524. The molecule has 5 nitrogen and oxygen atoms in total. The van der Waals surface area contributed by atoms with E-state index in [2.05, 4.69) is 9.97 Å². The van der Waals surface area contributed by atoms with Crippen molar-refractivity contribution in [1.29, 1.82) is 0 Å². The minimum Gasteiger partial charge on any atom is -0.508 e. The first-order valence-corrected chi connectivity index (χ1v) is 9.65. The molecule has 1 aliphatic heterocycles. The van der Waals surface area contributed by atoms with Gasteiger partial charge in [0.05, 0.1) is 0 Å². The van der Waals surface area contributed by atoms with E-state index in [4.69, 9.17) is 9.47 Å². The Balaban J connectivity index is 1.29. The Morgan fingerprint density at radius 1 is 0.962 bits per heavy atom. The van der Waals surface area contributed by atoms with Crippen molar-refractivity contribution in [3.05, 3.63) is 42.5 Å². The first kappa shape index (κ1) is 18.8. The van der Waals surface area contributed by atoms with Gasteiger partial charge in [0.25, 0.3) is 0 Å². The van der Waals surface area contributed by atoms with Gasteiger partial charge in [-0.2, -0.15) is 0 Å². The topological polar surface area (TPSA) is 64.5 Å². The maximum atomic E-state index is 9.34. The number of unbranched alkanes of at least 4 members (excludes halogenated alkanes) is 3. The van der Waals surface area contributed by atoms with Crippen LogP contribution in [0.1, 0.15) is 50.8 Å². The molecular formula is C21H28N2O3. The van der Waals surface area contributed by atoms with E-state index in [0.717, 1.165) is 75.1 Å². The molecule has 1 aromatic heterocycles. The summed E-state index contributed by atoms with van der Waals surface area (Å²) in [6.07, 6.45) is 12.6. The second-order valence-corrected chi connectivity index (χ2v) is 6.77. The average molecular weight is 356 g/mol. The number of aromatic nitrogens is 2. The SMILES string of the molecule is Oc1ccc(-c2cnc(CCCCCCOC3CCCCO3)nc2)cc1. The second kappa shape index (κ2) is 10.2. The van der Waals surface area contributed by atoms with Crippen LogP contribution in [0.15, 0.2) is 36.7 Å². The average Bonchev–Trinajstić information content (AvgIpc) is 2.69. The summed E-state index contributed by atoms with van der Waals surface area (Å²) < 4.78 is 11.3. The van der Waals surface area contributed by atoms with Gasteiger partial charge in [0, 0.05) is 37.6 Å². The van der Waals surface area contributed by atoms with Gasteiger partial charge in [0.2, 0.25) is 0 Å². The number of aromatic hydroxyl groups is 1. The monoisotopic (exact) mass is 356 g/mol. The molecule has 1 aliphatic rings. The number of phenolic OH excluding ortho intramolecular Hbond substituents is 1. The second-order valence-electron chi connectivity index (χ2n) is 6.77. The summed E-state index contributed by atoms with van der Waals surface area (Å²) in [4.78, 5) is 8.92. The van der Waals surface area contributed by atoms with Crippen molar-refractivity contribution in [1.82, 2.24) is 9.97 Å². The van der Waals surface area contributed by atoms with Crippen LogP contribution in [0.5, 0.6) is 5.75 Å². The largest absolute Gasteiger partial charge is 0.508 e. The van der Waals surface area contributed by atoms with Gasteiger partial charge in [-0.15, -0.1) is 0 Å². The van der Waals surface area contributed by atoms with E-state index < -0.39 is 0 Å². The van der Waals surface area contributed by atoms with Crippen molar-refractivity contribution in [2.75, 3.05) is 13.2 Å². The molecule has 0 saturated carbocycles. The van der Waals surface area contributed by atoms with Crippen LogP contribution in [0.4, 0.5) is 0 Å². The maximum Gasteiger partial charge on any atom is 0.157 e. The summed E-state index contributed by atoms with van der Waals surface area (Å²) in [6, 6.07) is 7.09. The van der Waals surface area contributed by atoms with Gasteiger partial charge < -0.3 is 14.6 Å². The Bertz CT molecular complexity index is 637. The minimum atomic E-state index is 0.0317. The molecule has 2 aromatic rings. The summed E-state index contributed by atoms with van der Waals surface area (Å²) in [6.45, 7) is 1.64. The number of nitrogens with zero attached hydrogens (tertiary/aromatic N) is 2. The Kier molecular flexibility index (Phi) is 7.40. The molecule has 0 aliphatic carbocycles. The molecule has 1 N–H and O–H groups in total. The number of hydrogen-bond acceptors (Lipinski definition) is 5. The lowest BCUT2D eigenvalue weighted by Crippen LogP contribution is -2.22. The predicted molar refractivity (Wildman–Crippen MR) is 101 cm³/mol. The van der Waals surface area contributed by atoms with Gasteiger partial charge >= 0.3 is 0 Å². The maximum absolute atomic E-state index is 9.34. The van der Waals surface area contributed by atoms with Crippen molar-refractivity contribution < 1.29 is 14.6 Å². The van der Waals surface area contributed by atoms with Crippen LogP contribution in [-0.4, -0.2) is 34.6 Å². The van der Waals surface area contributed by atoms with Crippen molar-refractivity contribution >= 4 is 0 Å². The first-order chi connectivity index (χ1) is 12.8. The molecule has 1 fully saturated rings. The van der Waals surface area contributed by atoms with Crippen LogP contribution < -0.4 is 0 Å². The van der Waals surface area contributed by atoms with Gasteiger partial charge in [-0.1, -0.05) is 25.0 Å². The van der Waals surface area contributed by atoms with Gasteiger partial charge in [0.1, 0.15) is 11.6 Å². The standard InChI is InChI=1S/C21H28N2O3/c24-19-11-9-17(10-12-19)18-15-22-20(23-16-18)7-3-1-2-5-13-25-21-8-4-6-14-26-21/h9-12,15-16,21,24H,1-8,13-14H2. The van der Waals surface area contributed by atoms with E-state index in [1.807, 2.05) is 24.5 Å². The Morgan fingerprint density at radius 3 is 2.46 bits per heavy atom. The lowest BCUT2D eigenvalue weighted by molar-refractivity contribution is -0.162. The molecule has 140 valence electrons. The third-order valence-corrected chi connectivity index (χ3v) is 4.64. The molecule has 3 rings (SSSR count). The van der Waals surface area contributed by atoms with Gasteiger partial charge in [-0.3, -0.25) is 0 Å². The third kappa shape index (κ3) is 6.07. The fourth-order valence-corrected chi connectivity index (χ4v) is 3.08. The molecule has 0 bridgehead atoms. The molecule has 0 amide bonds. The lowest BCUT2D eigenvalue weighted by Gasteiger charge is -2.22. The van der Waals surface area contributed by atoms with Crippen LogP contribution in [0, 0.1) is 0 Å². The lowest BCUT2D eigenvalue weighted by atomic mass is 10.1. The molecule has 0 spiro atoms. The van der Waals surface area contributed by atoms with E-state index in [0.29, 0.717) is 0 Å². The Morgan fingerprint density at radius 2 is 1.73 bits per heavy atom. The molecule has 1 aromatic carbocycles. The number of benzene rings is 1. The Hall–Kier alpha value is -1.98. The highest BCUT2D eigenvalue weighted by atomic mass is 16.7. The fourth-order valence-electron chi connectivity index (χ4n) is 3.08. The normalized spacial score (nSPS) is 17.3. The van der Waals surface area contributed by atoms with E-state index in [1.165, 1.54) is 6.42 Å². The summed E-state index contributed by atoms with van der Waals surface area (Å²) in [5, 5.41) is 9.34. The van der Waals surface area contributed by atoms with E-state index in [-0.39, 0.29) is 12.0 Å². The first-order valence-electron chi connectivity index (χ1n) is 9.65. The quantitative estimate of drug-likeness (QED) is 0.670. The Labute approximate surface area is 155 Å². The molecule has 0 radical (unpaired) electrons. The zero-order valence-corrected chi connectivity index (χ0v) is 15.3.